The summed E-state index contributed by atoms with van der Waals surface area (Å²) in [6.45, 7) is 7.74. The second kappa shape index (κ2) is 7.84. The van der Waals surface area contributed by atoms with Gasteiger partial charge in [0.15, 0.2) is 0 Å². The zero-order valence-electron chi connectivity index (χ0n) is 17.9. The molecule has 156 valence electrons. The maximum Gasteiger partial charge on any atom is 0.282 e. The van der Waals surface area contributed by atoms with Crippen LogP contribution in [0.3, 0.4) is 0 Å². The van der Waals surface area contributed by atoms with Crippen LogP contribution in [0.5, 0.6) is 0 Å². The number of hydrogen-bond acceptors (Lipinski definition) is 3. The van der Waals surface area contributed by atoms with Crippen molar-refractivity contribution < 1.29 is 14.0 Å². The van der Waals surface area contributed by atoms with Gasteiger partial charge in [0, 0.05) is 5.69 Å². The summed E-state index contributed by atoms with van der Waals surface area (Å²) >= 11 is 0. The van der Waals surface area contributed by atoms with Gasteiger partial charge in [-0.15, -0.1) is 0 Å². The molecule has 31 heavy (non-hydrogen) atoms. The van der Waals surface area contributed by atoms with Crippen LogP contribution in [-0.2, 0) is 9.59 Å². The van der Waals surface area contributed by atoms with Crippen LogP contribution in [0.4, 0.5) is 15.8 Å². The maximum absolute atomic E-state index is 13.6. The Labute approximate surface area is 181 Å². The van der Waals surface area contributed by atoms with Gasteiger partial charge in [0.2, 0.25) is 0 Å². The van der Waals surface area contributed by atoms with Crippen molar-refractivity contribution in [3.05, 3.63) is 100.0 Å². The second-order valence-corrected chi connectivity index (χ2v) is 7.87. The van der Waals surface area contributed by atoms with Gasteiger partial charge >= 0.3 is 0 Å². The number of nitrogens with one attached hydrogen (secondary N) is 1. The smallest absolute Gasteiger partial charge is 0.282 e. The SMILES string of the molecule is Cc1ccc(C2=C(Nc3ccc(F)cc3)C(=O)N(c3cccc(C)c3C)C2=O)c(C)c1. The normalized spacial score (nSPS) is 13.9. The Kier molecular flexibility index (Phi) is 5.19. The summed E-state index contributed by atoms with van der Waals surface area (Å²) in [5, 5.41) is 3.07. The molecule has 2 amide bonds. The highest BCUT2D eigenvalue weighted by Crippen LogP contribution is 2.36. The lowest BCUT2D eigenvalue weighted by Crippen LogP contribution is -2.33. The molecule has 0 spiro atoms. The Morgan fingerprint density at radius 2 is 1.52 bits per heavy atom. The average molecular weight is 414 g/mol. The number of imide groups is 1. The molecule has 1 heterocycles. The van der Waals surface area contributed by atoms with Gasteiger partial charge in [0.25, 0.3) is 11.8 Å². The summed E-state index contributed by atoms with van der Waals surface area (Å²) < 4.78 is 13.4. The first-order chi connectivity index (χ1) is 14.8. The van der Waals surface area contributed by atoms with E-state index in [9.17, 15) is 14.0 Å². The van der Waals surface area contributed by atoms with Crippen LogP contribution < -0.4 is 10.2 Å². The maximum atomic E-state index is 13.6. The van der Waals surface area contributed by atoms with E-state index in [0.29, 0.717) is 22.5 Å². The van der Waals surface area contributed by atoms with Crippen molar-refractivity contribution in [2.45, 2.75) is 27.7 Å². The predicted molar refractivity (Wildman–Crippen MR) is 121 cm³/mol. The molecule has 0 atom stereocenters. The number of benzene rings is 3. The van der Waals surface area contributed by atoms with Crippen LogP contribution in [0.2, 0.25) is 0 Å². The summed E-state index contributed by atoms with van der Waals surface area (Å²) in [4.78, 5) is 28.4. The van der Waals surface area contributed by atoms with E-state index < -0.39 is 5.91 Å². The van der Waals surface area contributed by atoms with Gasteiger partial charge in [-0.3, -0.25) is 9.59 Å². The number of halogens is 1. The van der Waals surface area contributed by atoms with Crippen LogP contribution in [0.15, 0.2) is 66.4 Å². The van der Waals surface area contributed by atoms with E-state index in [0.717, 1.165) is 22.3 Å². The first-order valence-corrected chi connectivity index (χ1v) is 10.1. The van der Waals surface area contributed by atoms with Gasteiger partial charge in [-0.25, -0.2) is 9.29 Å². The van der Waals surface area contributed by atoms with E-state index in [4.69, 9.17) is 0 Å². The number of anilines is 2. The summed E-state index contributed by atoms with van der Waals surface area (Å²) in [7, 11) is 0. The van der Waals surface area contributed by atoms with Crippen LogP contribution >= 0.6 is 0 Å². The Hall–Kier alpha value is -3.73. The zero-order chi connectivity index (χ0) is 22.3. The number of amides is 2. The second-order valence-electron chi connectivity index (χ2n) is 7.87. The van der Waals surface area contributed by atoms with E-state index in [-0.39, 0.29) is 17.4 Å². The number of nitrogens with zero attached hydrogens (tertiary/aromatic N) is 1. The van der Waals surface area contributed by atoms with Crippen molar-refractivity contribution in [1.82, 2.24) is 0 Å². The molecular weight excluding hydrogens is 391 g/mol. The Bertz CT molecular complexity index is 1240. The molecule has 1 aliphatic rings. The van der Waals surface area contributed by atoms with Crippen LogP contribution in [0.1, 0.15) is 27.8 Å². The standard InChI is InChI=1S/C26H23FN2O2/c1-15-8-13-21(17(3)14-15)23-24(28-20-11-9-19(27)10-12-20)26(31)29(25(23)30)22-7-5-6-16(2)18(22)4/h5-14,28H,1-4H3. The summed E-state index contributed by atoms with van der Waals surface area (Å²) in [5.74, 6) is -1.19. The fourth-order valence-electron chi connectivity index (χ4n) is 3.86. The highest BCUT2D eigenvalue weighted by atomic mass is 19.1. The number of hydrogen-bond donors (Lipinski definition) is 1. The fraction of sp³-hybridized carbons (Fsp3) is 0.154. The summed E-state index contributed by atoms with van der Waals surface area (Å²) in [6, 6.07) is 17.0. The molecule has 4 nitrogen and oxygen atoms in total. The van der Waals surface area contributed by atoms with Crippen molar-refractivity contribution in [3.63, 3.8) is 0 Å². The van der Waals surface area contributed by atoms with Gasteiger partial charge < -0.3 is 5.32 Å². The Morgan fingerprint density at radius 3 is 2.19 bits per heavy atom. The van der Waals surface area contributed by atoms with Crippen molar-refractivity contribution in [3.8, 4) is 0 Å². The molecule has 0 radical (unpaired) electrons. The third-order valence-corrected chi connectivity index (χ3v) is 5.67. The minimum absolute atomic E-state index is 0.185. The summed E-state index contributed by atoms with van der Waals surface area (Å²) in [5.41, 5.74) is 6.11. The van der Waals surface area contributed by atoms with Crippen molar-refractivity contribution >= 4 is 28.8 Å². The minimum Gasteiger partial charge on any atom is -0.350 e. The molecule has 1 aliphatic heterocycles. The lowest BCUT2D eigenvalue weighted by Gasteiger charge is -2.19. The monoisotopic (exact) mass is 414 g/mol. The average Bonchev–Trinajstić information content (AvgIpc) is 2.96. The topological polar surface area (TPSA) is 49.4 Å². The molecule has 0 saturated heterocycles. The van der Waals surface area contributed by atoms with Crippen LogP contribution in [0, 0.1) is 33.5 Å². The third kappa shape index (κ3) is 3.63. The van der Waals surface area contributed by atoms with Crippen LogP contribution in [0.25, 0.3) is 5.57 Å². The van der Waals surface area contributed by atoms with Crippen molar-refractivity contribution in [1.29, 1.82) is 0 Å². The first-order valence-electron chi connectivity index (χ1n) is 10.1. The van der Waals surface area contributed by atoms with E-state index in [1.807, 2.05) is 58.0 Å². The van der Waals surface area contributed by atoms with E-state index in [1.54, 1.807) is 18.2 Å². The van der Waals surface area contributed by atoms with Crippen molar-refractivity contribution in [2.24, 2.45) is 0 Å². The van der Waals surface area contributed by atoms with Crippen molar-refractivity contribution in [2.75, 3.05) is 10.2 Å². The molecule has 0 unspecified atom stereocenters. The minimum atomic E-state index is -0.432. The lowest BCUT2D eigenvalue weighted by atomic mass is 9.97. The molecule has 0 saturated carbocycles. The summed E-state index contributed by atoms with van der Waals surface area (Å²) in [6.07, 6.45) is 0. The van der Waals surface area contributed by atoms with Crippen LogP contribution in [-0.4, -0.2) is 11.8 Å². The van der Waals surface area contributed by atoms with E-state index in [1.165, 1.54) is 17.0 Å². The molecule has 3 aromatic rings. The molecule has 0 bridgehead atoms. The molecule has 0 aliphatic carbocycles. The molecule has 4 rings (SSSR count). The van der Waals surface area contributed by atoms with Gasteiger partial charge in [0.1, 0.15) is 11.5 Å². The van der Waals surface area contributed by atoms with Gasteiger partial charge in [0.05, 0.1) is 11.3 Å². The molecule has 5 heteroatoms. The molecular formula is C26H23FN2O2. The number of carbonyl (C=O) groups excluding carboxylic acids is 2. The zero-order valence-corrected chi connectivity index (χ0v) is 17.9. The van der Waals surface area contributed by atoms with Gasteiger partial charge in [-0.1, -0.05) is 35.9 Å². The molecule has 3 aromatic carbocycles. The number of rotatable bonds is 4. The quantitative estimate of drug-likeness (QED) is 0.577. The number of aryl methyl sites for hydroxylation is 3. The Balaban J connectivity index is 1.88. The third-order valence-electron chi connectivity index (χ3n) is 5.67. The largest absolute Gasteiger partial charge is 0.350 e. The van der Waals surface area contributed by atoms with Gasteiger partial charge in [-0.05, 0) is 80.3 Å². The highest BCUT2D eigenvalue weighted by molar-refractivity contribution is 6.46. The molecule has 0 fully saturated rings. The van der Waals surface area contributed by atoms with E-state index >= 15 is 0 Å². The van der Waals surface area contributed by atoms with Gasteiger partial charge in [-0.2, -0.15) is 0 Å². The molecule has 0 aromatic heterocycles. The number of carbonyl (C=O) groups is 2. The first kappa shape index (κ1) is 20.5. The highest BCUT2D eigenvalue weighted by Gasteiger charge is 2.41. The lowest BCUT2D eigenvalue weighted by molar-refractivity contribution is -0.120. The Morgan fingerprint density at radius 1 is 0.806 bits per heavy atom. The predicted octanol–water partition coefficient (Wildman–Crippen LogP) is 5.46. The van der Waals surface area contributed by atoms with E-state index in [2.05, 4.69) is 5.32 Å². The molecule has 1 N–H and O–H groups in total. The fourth-order valence-corrected chi connectivity index (χ4v) is 3.86.